The van der Waals surface area contributed by atoms with Crippen LogP contribution < -0.4 is 5.32 Å². The Balaban J connectivity index is 2.21. The molecule has 0 saturated carbocycles. The third-order valence-electron chi connectivity index (χ3n) is 2.83. The maximum Gasteiger partial charge on any atom is 0.0637 e. The number of nitrogens with zero attached hydrogens (tertiary/aromatic N) is 2. The number of pyridine rings is 2. The van der Waals surface area contributed by atoms with Gasteiger partial charge in [-0.15, -0.1) is 0 Å². The van der Waals surface area contributed by atoms with Crippen molar-refractivity contribution in [2.75, 3.05) is 6.54 Å². The van der Waals surface area contributed by atoms with Crippen molar-refractivity contribution >= 4 is 27.5 Å². The Bertz CT molecular complexity index is 530. The quantitative estimate of drug-likeness (QED) is 0.900. The molecule has 0 bridgehead atoms. The number of hydrogen-bond donors (Lipinski definition) is 1. The van der Waals surface area contributed by atoms with E-state index in [2.05, 4.69) is 38.1 Å². The smallest absolute Gasteiger partial charge is 0.0637 e. The highest BCUT2D eigenvalue weighted by Crippen LogP contribution is 2.24. The van der Waals surface area contributed by atoms with Gasteiger partial charge in [0.05, 0.1) is 5.02 Å². The Morgan fingerprint density at radius 3 is 2.79 bits per heavy atom. The van der Waals surface area contributed by atoms with E-state index in [1.807, 2.05) is 24.4 Å². The highest BCUT2D eigenvalue weighted by molar-refractivity contribution is 9.10. The molecule has 100 valence electrons. The number of aromatic nitrogens is 2. The third kappa shape index (κ3) is 4.00. The summed E-state index contributed by atoms with van der Waals surface area (Å²) < 4.78 is 0.984. The van der Waals surface area contributed by atoms with E-state index in [-0.39, 0.29) is 6.04 Å². The number of halogens is 2. The number of nitrogens with one attached hydrogen (secondary N) is 1. The van der Waals surface area contributed by atoms with E-state index >= 15 is 0 Å². The van der Waals surface area contributed by atoms with E-state index < -0.39 is 0 Å². The Labute approximate surface area is 126 Å². The third-order valence-corrected chi connectivity index (χ3v) is 3.62. The van der Waals surface area contributed by atoms with Gasteiger partial charge in [0.1, 0.15) is 0 Å². The minimum atomic E-state index is 0.147. The first-order valence-corrected chi connectivity index (χ1v) is 7.31. The summed E-state index contributed by atoms with van der Waals surface area (Å²) in [4.78, 5) is 8.43. The van der Waals surface area contributed by atoms with Crippen LogP contribution in [0.25, 0.3) is 0 Å². The van der Waals surface area contributed by atoms with Gasteiger partial charge >= 0.3 is 0 Å². The lowest BCUT2D eigenvalue weighted by Gasteiger charge is -2.19. The molecular formula is C14H15BrClN3. The second-order valence-corrected chi connectivity index (χ2v) is 5.50. The summed E-state index contributed by atoms with van der Waals surface area (Å²) >= 11 is 9.61. The Kier molecular flexibility index (Phi) is 5.31. The molecular weight excluding hydrogens is 326 g/mol. The molecule has 0 aliphatic rings. The van der Waals surface area contributed by atoms with Crippen molar-refractivity contribution in [1.82, 2.24) is 15.3 Å². The van der Waals surface area contributed by atoms with Gasteiger partial charge < -0.3 is 5.32 Å². The van der Waals surface area contributed by atoms with Gasteiger partial charge in [0.15, 0.2) is 0 Å². The molecule has 2 heterocycles. The van der Waals surface area contributed by atoms with Crippen molar-refractivity contribution in [1.29, 1.82) is 0 Å². The molecule has 19 heavy (non-hydrogen) atoms. The zero-order chi connectivity index (χ0) is 13.7. The van der Waals surface area contributed by atoms with E-state index in [4.69, 9.17) is 11.6 Å². The molecule has 0 spiro atoms. The van der Waals surface area contributed by atoms with E-state index in [0.29, 0.717) is 5.02 Å². The van der Waals surface area contributed by atoms with Gasteiger partial charge in [0, 0.05) is 41.2 Å². The van der Waals surface area contributed by atoms with Gasteiger partial charge in [-0.2, -0.15) is 0 Å². The molecule has 2 aromatic heterocycles. The van der Waals surface area contributed by atoms with Crippen molar-refractivity contribution in [3.63, 3.8) is 0 Å². The summed E-state index contributed by atoms with van der Waals surface area (Å²) in [6.45, 7) is 2.96. The standard InChI is InChI=1S/C14H15BrClN3/c1-2-18-14(12-5-6-17-9-13(12)16)7-11-4-3-10(15)8-19-11/h3-6,8-9,14,18H,2,7H2,1H3. The lowest BCUT2D eigenvalue weighted by atomic mass is 10.0. The highest BCUT2D eigenvalue weighted by atomic mass is 79.9. The monoisotopic (exact) mass is 339 g/mol. The summed E-state index contributed by atoms with van der Waals surface area (Å²) in [5.41, 5.74) is 2.09. The van der Waals surface area contributed by atoms with Gasteiger partial charge in [-0.05, 0) is 46.2 Å². The van der Waals surface area contributed by atoms with Crippen LogP contribution in [0.5, 0.6) is 0 Å². The number of likely N-dealkylation sites (N-methyl/N-ethyl adjacent to an activating group) is 1. The van der Waals surface area contributed by atoms with E-state index in [9.17, 15) is 0 Å². The second-order valence-electron chi connectivity index (χ2n) is 4.18. The second kappa shape index (κ2) is 6.98. The van der Waals surface area contributed by atoms with Gasteiger partial charge in [0.25, 0.3) is 0 Å². The van der Waals surface area contributed by atoms with Crippen molar-refractivity contribution < 1.29 is 0 Å². The van der Waals surface area contributed by atoms with Crippen LogP contribution in [0.3, 0.4) is 0 Å². The van der Waals surface area contributed by atoms with E-state index in [1.54, 1.807) is 12.4 Å². The molecule has 0 aliphatic carbocycles. The van der Waals surface area contributed by atoms with Crippen LogP contribution in [0.4, 0.5) is 0 Å². The van der Waals surface area contributed by atoms with E-state index in [0.717, 1.165) is 28.7 Å². The summed E-state index contributed by atoms with van der Waals surface area (Å²) in [6, 6.07) is 6.12. The van der Waals surface area contributed by atoms with Crippen LogP contribution in [0.1, 0.15) is 24.2 Å². The maximum absolute atomic E-state index is 6.22. The first-order valence-electron chi connectivity index (χ1n) is 6.14. The zero-order valence-electron chi connectivity index (χ0n) is 10.6. The number of rotatable bonds is 5. The Morgan fingerprint density at radius 1 is 1.32 bits per heavy atom. The summed E-state index contributed by atoms with van der Waals surface area (Å²) in [5, 5.41) is 4.12. The lowest BCUT2D eigenvalue weighted by molar-refractivity contribution is 0.543. The molecule has 0 aliphatic heterocycles. The molecule has 0 aromatic carbocycles. The van der Waals surface area contributed by atoms with Crippen molar-refractivity contribution in [2.24, 2.45) is 0 Å². The Hall–Kier alpha value is -0.970. The summed E-state index contributed by atoms with van der Waals surface area (Å²) in [5.74, 6) is 0. The average molecular weight is 341 g/mol. The zero-order valence-corrected chi connectivity index (χ0v) is 12.9. The molecule has 0 amide bonds. The van der Waals surface area contributed by atoms with Crippen LogP contribution in [0, 0.1) is 0 Å². The first kappa shape index (κ1) is 14.4. The molecule has 1 unspecified atom stereocenters. The summed E-state index contributed by atoms with van der Waals surface area (Å²) in [6.07, 6.45) is 6.05. The van der Waals surface area contributed by atoms with Gasteiger partial charge in [0.2, 0.25) is 0 Å². The molecule has 1 N–H and O–H groups in total. The molecule has 2 rings (SSSR count). The van der Waals surface area contributed by atoms with Gasteiger partial charge in [-0.25, -0.2) is 0 Å². The molecule has 2 aromatic rings. The maximum atomic E-state index is 6.22. The molecule has 0 radical (unpaired) electrons. The van der Waals surface area contributed by atoms with Crippen LogP contribution in [0.2, 0.25) is 5.02 Å². The minimum Gasteiger partial charge on any atom is -0.310 e. The van der Waals surface area contributed by atoms with Crippen molar-refractivity contribution in [3.8, 4) is 0 Å². The van der Waals surface area contributed by atoms with Crippen LogP contribution in [-0.4, -0.2) is 16.5 Å². The molecule has 5 heteroatoms. The lowest BCUT2D eigenvalue weighted by Crippen LogP contribution is -2.23. The highest BCUT2D eigenvalue weighted by Gasteiger charge is 2.14. The topological polar surface area (TPSA) is 37.8 Å². The molecule has 1 atom stereocenters. The molecule has 0 saturated heterocycles. The fourth-order valence-corrected chi connectivity index (χ4v) is 2.43. The Morgan fingerprint density at radius 2 is 2.16 bits per heavy atom. The fourth-order valence-electron chi connectivity index (χ4n) is 1.94. The average Bonchev–Trinajstić information content (AvgIpc) is 2.41. The largest absolute Gasteiger partial charge is 0.310 e. The normalized spacial score (nSPS) is 12.4. The summed E-state index contributed by atoms with van der Waals surface area (Å²) in [7, 11) is 0. The van der Waals surface area contributed by atoms with Crippen molar-refractivity contribution in [3.05, 3.63) is 57.5 Å². The minimum absolute atomic E-state index is 0.147. The SMILES string of the molecule is CCNC(Cc1ccc(Br)cn1)c1ccncc1Cl. The molecule has 0 fully saturated rings. The van der Waals surface area contributed by atoms with Crippen molar-refractivity contribution in [2.45, 2.75) is 19.4 Å². The van der Waals surface area contributed by atoms with Gasteiger partial charge in [-0.1, -0.05) is 18.5 Å². The van der Waals surface area contributed by atoms with Crippen LogP contribution in [-0.2, 0) is 6.42 Å². The van der Waals surface area contributed by atoms with E-state index in [1.165, 1.54) is 0 Å². The fraction of sp³-hybridized carbons (Fsp3) is 0.286. The first-order chi connectivity index (χ1) is 9.20. The van der Waals surface area contributed by atoms with Gasteiger partial charge in [-0.3, -0.25) is 9.97 Å². The predicted molar refractivity (Wildman–Crippen MR) is 81.3 cm³/mol. The van der Waals surface area contributed by atoms with Crippen LogP contribution >= 0.6 is 27.5 Å². The van der Waals surface area contributed by atoms with Crippen LogP contribution in [0.15, 0.2) is 41.3 Å². The molecule has 3 nitrogen and oxygen atoms in total. The predicted octanol–water partition coefficient (Wildman–Crippen LogP) is 3.79. The number of hydrogen-bond acceptors (Lipinski definition) is 3.